The number of hydrogen-bond donors (Lipinski definition) is 3. The molecule has 30 heavy (non-hydrogen) atoms. The average molecular weight is 424 g/mol. The number of halogens is 1. The lowest BCUT2D eigenvalue weighted by molar-refractivity contribution is -0.116. The van der Waals surface area contributed by atoms with Gasteiger partial charge in [-0.25, -0.2) is 0 Å². The number of carbonyl (C=O) groups excluding carboxylic acids is 1. The maximum Gasteiger partial charge on any atom is 0.251 e. The summed E-state index contributed by atoms with van der Waals surface area (Å²) >= 11 is 6.84. The summed E-state index contributed by atoms with van der Waals surface area (Å²) in [7, 11) is 0. The molecule has 1 atom stereocenters. The Morgan fingerprint density at radius 2 is 1.73 bits per heavy atom. The van der Waals surface area contributed by atoms with Crippen LogP contribution in [0, 0.1) is 5.41 Å². The molecule has 4 nitrogen and oxygen atoms in total. The van der Waals surface area contributed by atoms with Crippen LogP contribution in [0.4, 0.5) is 11.4 Å². The van der Waals surface area contributed by atoms with Gasteiger partial charge in [0.1, 0.15) is 0 Å². The highest BCUT2D eigenvalue weighted by atomic mass is 35.5. The Morgan fingerprint density at radius 1 is 1.03 bits per heavy atom. The van der Waals surface area contributed by atoms with Crippen molar-refractivity contribution in [2.24, 2.45) is 5.41 Å². The monoisotopic (exact) mass is 423 g/mol. The number of nitrogens with one attached hydrogen (secondary N) is 3. The van der Waals surface area contributed by atoms with Crippen LogP contribution in [-0.2, 0) is 10.2 Å². The minimum absolute atomic E-state index is 0.000614. The first-order chi connectivity index (χ1) is 14.0. The quantitative estimate of drug-likeness (QED) is 0.566. The van der Waals surface area contributed by atoms with Crippen molar-refractivity contribution in [1.29, 1.82) is 0 Å². The zero-order chi connectivity index (χ0) is 21.7. The van der Waals surface area contributed by atoms with E-state index in [-0.39, 0.29) is 22.8 Å². The average Bonchev–Trinajstić information content (AvgIpc) is 2.91. The van der Waals surface area contributed by atoms with E-state index in [9.17, 15) is 4.79 Å². The molecule has 3 N–H and O–H groups in total. The van der Waals surface area contributed by atoms with Gasteiger partial charge < -0.3 is 16.0 Å². The van der Waals surface area contributed by atoms with Crippen LogP contribution < -0.4 is 16.0 Å². The van der Waals surface area contributed by atoms with Crippen LogP contribution in [-0.4, -0.2) is 12.5 Å². The van der Waals surface area contributed by atoms with Gasteiger partial charge in [-0.2, -0.15) is 0 Å². The lowest BCUT2D eigenvalue weighted by Crippen LogP contribution is -2.26. The maximum atomic E-state index is 12.7. The van der Waals surface area contributed by atoms with Gasteiger partial charge in [0.25, 0.3) is 5.91 Å². The molecule has 4 rings (SSSR count). The van der Waals surface area contributed by atoms with Gasteiger partial charge in [0.2, 0.25) is 0 Å². The first kappa shape index (κ1) is 20.8. The van der Waals surface area contributed by atoms with E-state index in [4.69, 9.17) is 11.6 Å². The highest BCUT2D eigenvalue weighted by molar-refractivity contribution is 6.31. The Kier molecular flexibility index (Phi) is 5.09. The standard InChI is InChI=1S/C25H30ClN3O/c1-24(2,3)14-25(4,5)15-10-11-16(17(26)12-15)22-21-20(13-27-23(21)30)28-18-8-6-7-9-19(18)29-22/h6-12,22,28-29H,13-14H2,1-5H3,(H,27,30). The van der Waals surface area contributed by atoms with E-state index in [0.29, 0.717) is 17.1 Å². The molecule has 0 saturated carbocycles. The third-order valence-corrected chi connectivity index (χ3v) is 6.19. The molecule has 0 radical (unpaired) electrons. The summed E-state index contributed by atoms with van der Waals surface area (Å²) in [6, 6.07) is 14.0. The van der Waals surface area contributed by atoms with Gasteiger partial charge in [-0.05, 0) is 46.6 Å². The normalized spacial score (nSPS) is 18.7. The fourth-order valence-electron chi connectivity index (χ4n) is 4.86. The summed E-state index contributed by atoms with van der Waals surface area (Å²) in [5, 5.41) is 10.6. The molecule has 0 fully saturated rings. The fourth-order valence-corrected chi connectivity index (χ4v) is 5.15. The van der Waals surface area contributed by atoms with Crippen molar-refractivity contribution in [3.63, 3.8) is 0 Å². The Morgan fingerprint density at radius 3 is 2.40 bits per heavy atom. The van der Waals surface area contributed by atoms with Crippen LogP contribution in [0.5, 0.6) is 0 Å². The summed E-state index contributed by atoms with van der Waals surface area (Å²) in [6.45, 7) is 11.8. The van der Waals surface area contributed by atoms with Crippen molar-refractivity contribution in [3.8, 4) is 0 Å². The van der Waals surface area contributed by atoms with Crippen molar-refractivity contribution in [2.45, 2.75) is 52.5 Å². The number of benzene rings is 2. The largest absolute Gasteiger partial charge is 0.372 e. The molecule has 0 spiro atoms. The molecule has 2 aromatic rings. The highest BCUT2D eigenvalue weighted by Gasteiger charge is 2.35. The van der Waals surface area contributed by atoms with Crippen molar-refractivity contribution in [2.75, 3.05) is 17.2 Å². The van der Waals surface area contributed by atoms with E-state index in [1.54, 1.807) is 0 Å². The lowest BCUT2D eigenvalue weighted by Gasteiger charge is -2.33. The highest BCUT2D eigenvalue weighted by Crippen LogP contribution is 2.42. The van der Waals surface area contributed by atoms with E-state index >= 15 is 0 Å². The number of fused-ring (bicyclic) bond motifs is 1. The van der Waals surface area contributed by atoms with E-state index < -0.39 is 0 Å². The smallest absolute Gasteiger partial charge is 0.251 e. The molecular formula is C25H30ClN3O. The Balaban J connectivity index is 1.75. The van der Waals surface area contributed by atoms with Gasteiger partial charge in [0, 0.05) is 10.7 Å². The fraction of sp³-hybridized carbons (Fsp3) is 0.400. The topological polar surface area (TPSA) is 53.2 Å². The van der Waals surface area contributed by atoms with Gasteiger partial charge in [-0.1, -0.05) is 70.5 Å². The second-order valence-electron chi connectivity index (χ2n) is 10.2. The van der Waals surface area contributed by atoms with Gasteiger partial charge in [0.15, 0.2) is 0 Å². The van der Waals surface area contributed by atoms with Crippen LogP contribution in [0.2, 0.25) is 5.02 Å². The summed E-state index contributed by atoms with van der Waals surface area (Å²) in [5.74, 6) is -0.0592. The third kappa shape index (κ3) is 3.93. The second kappa shape index (κ2) is 7.35. The summed E-state index contributed by atoms with van der Waals surface area (Å²) in [4.78, 5) is 12.7. The van der Waals surface area contributed by atoms with Gasteiger partial charge >= 0.3 is 0 Å². The first-order valence-corrected chi connectivity index (χ1v) is 10.9. The van der Waals surface area contributed by atoms with E-state index in [1.807, 2.05) is 24.3 Å². The first-order valence-electron chi connectivity index (χ1n) is 10.5. The predicted molar refractivity (Wildman–Crippen MR) is 125 cm³/mol. The lowest BCUT2D eigenvalue weighted by atomic mass is 9.72. The van der Waals surface area contributed by atoms with Crippen molar-refractivity contribution >= 4 is 28.9 Å². The minimum Gasteiger partial charge on any atom is -0.372 e. The van der Waals surface area contributed by atoms with Crippen molar-refractivity contribution < 1.29 is 4.79 Å². The molecule has 2 aromatic carbocycles. The SMILES string of the molecule is CC(C)(C)CC(C)(C)c1ccc(C2Nc3ccccc3NC3=C2C(=O)NC3)c(Cl)c1. The molecule has 2 aliphatic heterocycles. The second-order valence-corrected chi connectivity index (χ2v) is 10.6. The van der Waals surface area contributed by atoms with Crippen molar-refractivity contribution in [1.82, 2.24) is 5.32 Å². The van der Waals surface area contributed by atoms with E-state index in [1.165, 1.54) is 5.56 Å². The molecule has 1 amide bonds. The zero-order valence-electron chi connectivity index (χ0n) is 18.3. The van der Waals surface area contributed by atoms with Crippen LogP contribution in [0.1, 0.15) is 58.2 Å². The molecular weight excluding hydrogens is 394 g/mol. The molecule has 2 heterocycles. The van der Waals surface area contributed by atoms with E-state index in [0.717, 1.165) is 29.1 Å². The molecule has 0 aromatic heterocycles. The van der Waals surface area contributed by atoms with Gasteiger partial charge in [-0.15, -0.1) is 0 Å². The minimum atomic E-state index is -0.314. The van der Waals surface area contributed by atoms with Gasteiger partial charge in [-0.3, -0.25) is 4.79 Å². The predicted octanol–water partition coefficient (Wildman–Crippen LogP) is 6.02. The Bertz CT molecular complexity index is 1030. The molecule has 1 unspecified atom stereocenters. The number of carbonyl (C=O) groups is 1. The van der Waals surface area contributed by atoms with E-state index in [2.05, 4.69) is 68.8 Å². The van der Waals surface area contributed by atoms with Gasteiger partial charge in [0.05, 0.1) is 29.5 Å². The molecule has 0 saturated heterocycles. The Hall–Kier alpha value is -2.46. The number of para-hydroxylation sites is 2. The van der Waals surface area contributed by atoms with Crippen LogP contribution >= 0.6 is 11.6 Å². The molecule has 158 valence electrons. The molecule has 2 aliphatic rings. The van der Waals surface area contributed by atoms with Crippen LogP contribution in [0.15, 0.2) is 53.7 Å². The number of hydrogen-bond acceptors (Lipinski definition) is 3. The zero-order valence-corrected chi connectivity index (χ0v) is 19.1. The molecule has 5 heteroatoms. The number of rotatable bonds is 3. The summed E-state index contributed by atoms with van der Waals surface area (Å²) in [5.41, 5.74) is 5.86. The maximum absolute atomic E-state index is 12.7. The molecule has 0 aliphatic carbocycles. The third-order valence-electron chi connectivity index (χ3n) is 5.86. The van der Waals surface area contributed by atoms with Crippen molar-refractivity contribution in [3.05, 3.63) is 69.9 Å². The van der Waals surface area contributed by atoms with Crippen LogP contribution in [0.3, 0.4) is 0 Å². The number of amides is 1. The van der Waals surface area contributed by atoms with Crippen LogP contribution in [0.25, 0.3) is 0 Å². The summed E-state index contributed by atoms with van der Waals surface area (Å²) in [6.07, 6.45) is 1.05. The summed E-state index contributed by atoms with van der Waals surface area (Å²) < 4.78 is 0. The number of anilines is 2. The molecule has 0 bridgehead atoms. The Labute approximate surface area is 184 Å².